The minimum atomic E-state index is -0.0346. The van der Waals surface area contributed by atoms with Crippen LogP contribution in [0.2, 0.25) is 0 Å². The van der Waals surface area contributed by atoms with Gasteiger partial charge in [-0.2, -0.15) is 0 Å². The molecule has 0 aromatic heterocycles. The first-order chi connectivity index (χ1) is 8.91. The lowest BCUT2D eigenvalue weighted by molar-refractivity contribution is 0.253. The number of hydrogen-bond donors (Lipinski definition) is 2. The summed E-state index contributed by atoms with van der Waals surface area (Å²) >= 11 is 0. The van der Waals surface area contributed by atoms with Crippen LogP contribution >= 0.6 is 24.0 Å². The van der Waals surface area contributed by atoms with Crippen LogP contribution in [0.4, 0.5) is 0 Å². The third-order valence-corrected chi connectivity index (χ3v) is 3.75. The van der Waals surface area contributed by atoms with Crippen LogP contribution in [0, 0.1) is 0 Å². The number of hydrogen-bond acceptors (Lipinski definition) is 1. The van der Waals surface area contributed by atoms with Crippen molar-refractivity contribution >= 4 is 29.9 Å². The summed E-state index contributed by atoms with van der Waals surface area (Å²) in [6, 6.07) is 10.7. The summed E-state index contributed by atoms with van der Waals surface area (Å²) in [6.07, 6.45) is 3.71. The first-order valence-electron chi connectivity index (χ1n) is 7.05. The monoisotopic (exact) mass is 387 g/mol. The molecule has 0 radical (unpaired) electrons. The highest BCUT2D eigenvalue weighted by atomic mass is 127. The van der Waals surface area contributed by atoms with Crippen LogP contribution in [0.25, 0.3) is 0 Å². The van der Waals surface area contributed by atoms with Crippen LogP contribution in [-0.2, 0) is 5.41 Å². The van der Waals surface area contributed by atoms with Gasteiger partial charge < -0.3 is 11.1 Å². The van der Waals surface area contributed by atoms with E-state index in [9.17, 15) is 0 Å². The second-order valence-electron chi connectivity index (χ2n) is 6.58. The number of nitrogens with two attached hydrogens (primary N) is 1. The van der Waals surface area contributed by atoms with E-state index in [1.54, 1.807) is 0 Å². The minimum Gasteiger partial charge on any atom is -0.370 e. The van der Waals surface area contributed by atoms with Crippen molar-refractivity contribution in [2.45, 2.75) is 51.0 Å². The summed E-state index contributed by atoms with van der Waals surface area (Å²) in [5.74, 6) is 0.551. The van der Waals surface area contributed by atoms with Crippen molar-refractivity contribution < 1.29 is 0 Å². The maximum Gasteiger partial charge on any atom is 0.189 e. The molecule has 0 aliphatic heterocycles. The smallest absolute Gasteiger partial charge is 0.189 e. The zero-order valence-electron chi connectivity index (χ0n) is 12.6. The van der Waals surface area contributed by atoms with Gasteiger partial charge in [0.05, 0.1) is 6.54 Å². The molecule has 3 nitrogen and oxygen atoms in total. The van der Waals surface area contributed by atoms with Crippen molar-refractivity contribution in [2.24, 2.45) is 10.7 Å². The number of aliphatic imine (C=N–C) groups is 1. The summed E-state index contributed by atoms with van der Waals surface area (Å²) in [7, 11) is 0. The van der Waals surface area contributed by atoms with Gasteiger partial charge in [-0.15, -0.1) is 24.0 Å². The lowest BCUT2D eigenvalue weighted by Gasteiger charge is -2.41. The standard InChI is InChI=1S/C16H25N3.HI/c1-15(2,3)19-14(17)18-12-16(10-7-11-16)13-8-5-4-6-9-13;/h4-6,8-9H,7,10-12H2,1-3H3,(H3,17,18,19);1H. The Hall–Kier alpha value is -0.780. The summed E-state index contributed by atoms with van der Waals surface area (Å²) in [5.41, 5.74) is 7.54. The van der Waals surface area contributed by atoms with Crippen molar-refractivity contribution in [1.29, 1.82) is 0 Å². The van der Waals surface area contributed by atoms with Gasteiger partial charge in [-0.25, -0.2) is 0 Å². The van der Waals surface area contributed by atoms with E-state index < -0.39 is 0 Å². The molecule has 0 atom stereocenters. The quantitative estimate of drug-likeness (QED) is 0.474. The van der Waals surface area contributed by atoms with Crippen molar-refractivity contribution in [3.05, 3.63) is 35.9 Å². The zero-order chi connectivity index (χ0) is 13.9. The molecule has 112 valence electrons. The van der Waals surface area contributed by atoms with Crippen LogP contribution < -0.4 is 11.1 Å². The van der Waals surface area contributed by atoms with E-state index in [0.29, 0.717) is 5.96 Å². The molecule has 0 unspecified atom stereocenters. The molecule has 1 saturated carbocycles. The molecule has 1 fully saturated rings. The van der Waals surface area contributed by atoms with E-state index in [-0.39, 0.29) is 34.9 Å². The highest BCUT2D eigenvalue weighted by molar-refractivity contribution is 14.0. The maximum atomic E-state index is 5.96. The minimum absolute atomic E-state index is 0. The fraction of sp³-hybridized carbons (Fsp3) is 0.562. The van der Waals surface area contributed by atoms with Crippen molar-refractivity contribution in [2.75, 3.05) is 6.54 Å². The van der Waals surface area contributed by atoms with E-state index in [1.165, 1.54) is 24.8 Å². The van der Waals surface area contributed by atoms with Gasteiger partial charge in [0.2, 0.25) is 0 Å². The molecule has 3 N–H and O–H groups in total. The number of guanidine groups is 1. The SMILES string of the molecule is CC(C)(C)NC(N)=NCC1(c2ccccc2)CCC1.I. The van der Waals surface area contributed by atoms with Crippen LogP contribution in [0.15, 0.2) is 35.3 Å². The Morgan fingerprint density at radius 2 is 1.85 bits per heavy atom. The summed E-state index contributed by atoms with van der Waals surface area (Å²) < 4.78 is 0. The average Bonchev–Trinajstić information content (AvgIpc) is 2.26. The van der Waals surface area contributed by atoms with Crippen molar-refractivity contribution in [3.8, 4) is 0 Å². The maximum absolute atomic E-state index is 5.96. The molecule has 1 aliphatic rings. The Morgan fingerprint density at radius 1 is 1.25 bits per heavy atom. The Bertz CT molecular complexity index is 445. The van der Waals surface area contributed by atoms with Gasteiger partial charge in [0, 0.05) is 11.0 Å². The molecular weight excluding hydrogens is 361 g/mol. The van der Waals surface area contributed by atoms with Crippen LogP contribution in [-0.4, -0.2) is 18.0 Å². The van der Waals surface area contributed by atoms with E-state index in [0.717, 1.165) is 6.54 Å². The molecule has 0 heterocycles. The Kier molecular flexibility index (Phi) is 5.86. The third kappa shape index (κ3) is 4.36. The number of benzene rings is 1. The Balaban J connectivity index is 0.00000200. The van der Waals surface area contributed by atoms with Gasteiger partial charge in [-0.05, 0) is 39.2 Å². The molecule has 1 aliphatic carbocycles. The fourth-order valence-corrected chi connectivity index (χ4v) is 2.59. The molecule has 1 aromatic carbocycles. The highest BCUT2D eigenvalue weighted by Gasteiger charge is 2.38. The Morgan fingerprint density at radius 3 is 2.30 bits per heavy atom. The zero-order valence-corrected chi connectivity index (χ0v) is 15.0. The van der Waals surface area contributed by atoms with Crippen LogP contribution in [0.3, 0.4) is 0 Å². The van der Waals surface area contributed by atoms with Crippen LogP contribution in [0.1, 0.15) is 45.6 Å². The second-order valence-corrected chi connectivity index (χ2v) is 6.58. The lowest BCUT2D eigenvalue weighted by atomic mass is 9.64. The number of nitrogens with zero attached hydrogens (tertiary/aromatic N) is 1. The fourth-order valence-electron chi connectivity index (χ4n) is 2.59. The number of halogens is 1. The summed E-state index contributed by atoms with van der Waals surface area (Å²) in [5, 5.41) is 3.22. The predicted molar refractivity (Wildman–Crippen MR) is 96.8 cm³/mol. The van der Waals surface area contributed by atoms with Gasteiger partial charge in [0.1, 0.15) is 0 Å². The first-order valence-corrected chi connectivity index (χ1v) is 7.05. The molecule has 0 spiro atoms. The van der Waals surface area contributed by atoms with Gasteiger partial charge in [0.15, 0.2) is 5.96 Å². The summed E-state index contributed by atoms with van der Waals surface area (Å²) in [4.78, 5) is 4.56. The molecular formula is C16H26IN3. The molecule has 0 saturated heterocycles. The molecule has 0 amide bonds. The lowest BCUT2D eigenvalue weighted by Crippen LogP contribution is -2.46. The third-order valence-electron chi connectivity index (χ3n) is 3.75. The normalized spacial score (nSPS) is 17.9. The van der Waals surface area contributed by atoms with Crippen molar-refractivity contribution in [1.82, 2.24) is 5.32 Å². The van der Waals surface area contributed by atoms with Crippen LogP contribution in [0.5, 0.6) is 0 Å². The van der Waals surface area contributed by atoms with E-state index in [4.69, 9.17) is 5.73 Å². The summed E-state index contributed by atoms with van der Waals surface area (Å²) in [6.45, 7) is 7.05. The van der Waals surface area contributed by atoms with E-state index in [1.807, 2.05) is 0 Å². The second kappa shape index (κ2) is 6.78. The molecule has 2 rings (SSSR count). The highest BCUT2D eigenvalue weighted by Crippen LogP contribution is 2.43. The average molecular weight is 387 g/mol. The van der Waals surface area contributed by atoms with Crippen molar-refractivity contribution in [3.63, 3.8) is 0 Å². The predicted octanol–water partition coefficient (Wildman–Crippen LogP) is 3.43. The number of nitrogens with one attached hydrogen (secondary N) is 1. The molecule has 0 bridgehead atoms. The first kappa shape index (κ1) is 17.3. The Labute approximate surface area is 139 Å². The van der Waals surface area contributed by atoms with Gasteiger partial charge in [-0.3, -0.25) is 4.99 Å². The molecule has 1 aromatic rings. The number of rotatable bonds is 3. The topological polar surface area (TPSA) is 50.4 Å². The van der Waals surface area contributed by atoms with Gasteiger partial charge >= 0.3 is 0 Å². The van der Waals surface area contributed by atoms with Gasteiger partial charge in [-0.1, -0.05) is 36.8 Å². The van der Waals surface area contributed by atoms with Gasteiger partial charge in [0.25, 0.3) is 0 Å². The van der Waals surface area contributed by atoms with E-state index >= 15 is 0 Å². The molecule has 4 heteroatoms. The van der Waals surface area contributed by atoms with E-state index in [2.05, 4.69) is 61.4 Å². The molecule has 20 heavy (non-hydrogen) atoms. The largest absolute Gasteiger partial charge is 0.370 e.